The van der Waals surface area contributed by atoms with Crippen molar-refractivity contribution in [3.63, 3.8) is 0 Å². The second-order valence-corrected chi connectivity index (χ2v) is 6.37. The molecule has 0 spiro atoms. The smallest absolute Gasteiger partial charge is 0.0537 e. The van der Waals surface area contributed by atoms with Crippen LogP contribution >= 0.6 is 11.3 Å². The highest BCUT2D eigenvalue weighted by Crippen LogP contribution is 2.21. The predicted octanol–water partition coefficient (Wildman–Crippen LogP) is 3.98. The van der Waals surface area contributed by atoms with E-state index in [1.165, 1.54) is 10.4 Å². The van der Waals surface area contributed by atoms with E-state index in [1.807, 2.05) is 22.2 Å². The van der Waals surface area contributed by atoms with Crippen molar-refractivity contribution in [1.29, 1.82) is 0 Å². The third-order valence-electron chi connectivity index (χ3n) is 3.41. The summed E-state index contributed by atoms with van der Waals surface area (Å²) in [6.45, 7) is 9.75. The largest absolute Gasteiger partial charge is 0.309 e. The van der Waals surface area contributed by atoms with E-state index in [-0.39, 0.29) is 0 Å². The minimum atomic E-state index is 0.343. The lowest BCUT2D eigenvalue weighted by Crippen LogP contribution is -2.23. The van der Waals surface area contributed by atoms with Gasteiger partial charge in [-0.2, -0.15) is 5.10 Å². The third kappa shape index (κ3) is 3.67. The van der Waals surface area contributed by atoms with Crippen molar-refractivity contribution in [2.75, 3.05) is 6.54 Å². The summed E-state index contributed by atoms with van der Waals surface area (Å²) in [4.78, 5) is 1.44. The van der Waals surface area contributed by atoms with Gasteiger partial charge in [0.15, 0.2) is 0 Å². The zero-order chi connectivity index (χ0) is 13.8. The molecule has 2 aromatic heterocycles. The number of hydrogen-bond donors (Lipinski definition) is 1. The van der Waals surface area contributed by atoms with Crippen LogP contribution in [0, 0.1) is 0 Å². The number of hydrogen-bond acceptors (Lipinski definition) is 3. The fraction of sp³-hybridized carbons (Fsp3) is 0.533. The van der Waals surface area contributed by atoms with Gasteiger partial charge in [-0.3, -0.25) is 4.68 Å². The molecule has 3 nitrogen and oxygen atoms in total. The maximum Gasteiger partial charge on any atom is 0.0537 e. The summed E-state index contributed by atoms with van der Waals surface area (Å²) >= 11 is 1.83. The molecular formula is C15H23N3S. The van der Waals surface area contributed by atoms with Crippen LogP contribution in [0.4, 0.5) is 0 Å². The molecule has 0 unspecified atom stereocenters. The molecule has 0 amide bonds. The summed E-state index contributed by atoms with van der Waals surface area (Å²) < 4.78 is 2.01. The van der Waals surface area contributed by atoms with Gasteiger partial charge in [0, 0.05) is 41.2 Å². The van der Waals surface area contributed by atoms with Gasteiger partial charge in [0.2, 0.25) is 0 Å². The van der Waals surface area contributed by atoms with Crippen molar-refractivity contribution in [3.8, 4) is 0 Å². The van der Waals surface area contributed by atoms with Crippen LogP contribution in [0.25, 0.3) is 0 Å². The fourth-order valence-electron chi connectivity index (χ4n) is 2.00. The van der Waals surface area contributed by atoms with Gasteiger partial charge >= 0.3 is 0 Å². The van der Waals surface area contributed by atoms with Crippen molar-refractivity contribution in [2.45, 2.75) is 45.7 Å². The van der Waals surface area contributed by atoms with Gasteiger partial charge in [-0.15, -0.1) is 11.3 Å². The molecule has 2 rings (SSSR count). The molecule has 4 heteroatoms. The molecule has 104 valence electrons. The maximum absolute atomic E-state index is 4.39. The molecule has 19 heavy (non-hydrogen) atoms. The Balaban J connectivity index is 1.88. The van der Waals surface area contributed by atoms with Crippen LogP contribution in [0.2, 0.25) is 0 Å². The van der Waals surface area contributed by atoms with E-state index < -0.39 is 0 Å². The first-order chi connectivity index (χ1) is 9.08. The molecule has 0 saturated heterocycles. The lowest BCUT2D eigenvalue weighted by Gasteiger charge is -2.16. The van der Waals surface area contributed by atoms with Gasteiger partial charge in [0.1, 0.15) is 0 Å². The first kappa shape index (κ1) is 14.3. The highest BCUT2D eigenvalue weighted by atomic mass is 32.1. The van der Waals surface area contributed by atoms with Crippen LogP contribution in [-0.4, -0.2) is 16.3 Å². The monoisotopic (exact) mass is 277 g/mol. The minimum Gasteiger partial charge on any atom is -0.309 e. The molecule has 0 saturated carbocycles. The fourth-order valence-corrected chi connectivity index (χ4v) is 2.79. The Morgan fingerprint density at radius 2 is 2.11 bits per heavy atom. The van der Waals surface area contributed by atoms with Gasteiger partial charge < -0.3 is 5.32 Å². The topological polar surface area (TPSA) is 29.9 Å². The molecule has 0 fully saturated rings. The molecule has 2 atom stereocenters. The highest BCUT2D eigenvalue weighted by molar-refractivity contribution is 7.10. The van der Waals surface area contributed by atoms with Crippen molar-refractivity contribution in [1.82, 2.24) is 15.1 Å². The van der Waals surface area contributed by atoms with E-state index >= 15 is 0 Å². The first-order valence-corrected chi connectivity index (χ1v) is 7.76. The van der Waals surface area contributed by atoms with Crippen LogP contribution < -0.4 is 5.32 Å². The van der Waals surface area contributed by atoms with E-state index in [0.29, 0.717) is 18.0 Å². The molecule has 0 aromatic carbocycles. The van der Waals surface area contributed by atoms with Crippen molar-refractivity contribution in [2.24, 2.45) is 0 Å². The quantitative estimate of drug-likeness (QED) is 0.865. The number of aromatic nitrogens is 2. The van der Waals surface area contributed by atoms with Crippen LogP contribution in [0.1, 0.15) is 56.1 Å². The third-order valence-corrected chi connectivity index (χ3v) is 4.51. The van der Waals surface area contributed by atoms with Gasteiger partial charge in [-0.25, -0.2) is 0 Å². The molecule has 0 bridgehead atoms. The summed E-state index contributed by atoms with van der Waals surface area (Å²) in [7, 11) is 0. The van der Waals surface area contributed by atoms with E-state index in [2.05, 4.69) is 61.8 Å². The summed E-state index contributed by atoms with van der Waals surface area (Å²) in [6.07, 6.45) is 4.10. The lowest BCUT2D eigenvalue weighted by atomic mass is 10.1. The minimum absolute atomic E-state index is 0.343. The lowest BCUT2D eigenvalue weighted by molar-refractivity contribution is 0.524. The molecule has 2 heterocycles. The normalized spacial score (nSPS) is 14.8. The molecule has 2 aromatic rings. The van der Waals surface area contributed by atoms with Crippen molar-refractivity contribution in [3.05, 3.63) is 40.3 Å². The average molecular weight is 277 g/mol. The summed E-state index contributed by atoms with van der Waals surface area (Å²) in [6, 6.07) is 5.09. The van der Waals surface area contributed by atoms with Gasteiger partial charge in [-0.05, 0) is 32.2 Å². The van der Waals surface area contributed by atoms with E-state index in [9.17, 15) is 0 Å². The van der Waals surface area contributed by atoms with Crippen molar-refractivity contribution < 1.29 is 0 Å². The molecule has 0 aliphatic heterocycles. The molecule has 1 N–H and O–H groups in total. The highest BCUT2D eigenvalue weighted by Gasteiger charge is 2.12. The van der Waals surface area contributed by atoms with Crippen molar-refractivity contribution >= 4 is 11.3 Å². The zero-order valence-electron chi connectivity index (χ0n) is 12.1. The van der Waals surface area contributed by atoms with E-state index in [1.54, 1.807) is 0 Å². The Kier molecular flexibility index (Phi) is 4.77. The summed E-state index contributed by atoms with van der Waals surface area (Å²) in [5.41, 5.74) is 1.26. The van der Waals surface area contributed by atoms with Gasteiger partial charge in [0.05, 0.1) is 6.20 Å². The second-order valence-electron chi connectivity index (χ2n) is 5.39. The Morgan fingerprint density at radius 3 is 2.68 bits per heavy atom. The summed E-state index contributed by atoms with van der Waals surface area (Å²) in [5, 5.41) is 10.1. The van der Waals surface area contributed by atoms with E-state index in [0.717, 1.165) is 6.54 Å². The Bertz CT molecular complexity index is 487. The molecule has 0 aliphatic rings. The van der Waals surface area contributed by atoms with Crippen LogP contribution in [0.5, 0.6) is 0 Å². The van der Waals surface area contributed by atoms with Gasteiger partial charge in [-0.1, -0.05) is 13.0 Å². The zero-order valence-corrected chi connectivity index (χ0v) is 12.9. The number of nitrogens with one attached hydrogen (secondary N) is 1. The number of nitrogens with zero attached hydrogens (tertiary/aromatic N) is 2. The second kappa shape index (κ2) is 6.35. The molecule has 0 radical (unpaired) electrons. The Morgan fingerprint density at radius 1 is 1.32 bits per heavy atom. The average Bonchev–Trinajstić information content (AvgIpc) is 3.05. The summed E-state index contributed by atoms with van der Waals surface area (Å²) in [5.74, 6) is 0.558. The SMILES string of the molecule is CC(C)n1cc([C@H](C)NC[C@H](C)c2cccs2)cn1. The number of rotatable bonds is 6. The molecular weight excluding hydrogens is 254 g/mol. The van der Waals surface area contributed by atoms with Crippen LogP contribution in [0.3, 0.4) is 0 Å². The maximum atomic E-state index is 4.39. The van der Waals surface area contributed by atoms with Gasteiger partial charge in [0.25, 0.3) is 0 Å². The predicted molar refractivity (Wildman–Crippen MR) is 81.8 cm³/mol. The number of thiophene rings is 1. The Labute approximate surface area is 119 Å². The molecule has 0 aliphatic carbocycles. The van der Waals surface area contributed by atoms with Crippen LogP contribution in [-0.2, 0) is 0 Å². The Hall–Kier alpha value is -1.13. The van der Waals surface area contributed by atoms with E-state index in [4.69, 9.17) is 0 Å². The van der Waals surface area contributed by atoms with Crippen LogP contribution in [0.15, 0.2) is 29.9 Å². The standard InChI is InChI=1S/C15H23N3S/c1-11(2)18-10-14(9-17-18)13(4)16-8-12(3)15-6-5-7-19-15/h5-7,9-13,16H,8H2,1-4H3/t12-,13-/m0/s1. The first-order valence-electron chi connectivity index (χ1n) is 6.88.